The van der Waals surface area contributed by atoms with Crippen molar-refractivity contribution in [3.05, 3.63) is 53.6 Å². The molecular formula is C19H21N3O6. The van der Waals surface area contributed by atoms with E-state index in [1.165, 1.54) is 12.1 Å². The number of hydrogen-bond donors (Lipinski definition) is 5. The van der Waals surface area contributed by atoms with Crippen LogP contribution in [0.5, 0.6) is 11.5 Å². The fourth-order valence-corrected chi connectivity index (χ4v) is 2.46. The summed E-state index contributed by atoms with van der Waals surface area (Å²) in [6.45, 7) is 1.56. The summed E-state index contributed by atoms with van der Waals surface area (Å²) in [5.41, 5.74) is 6.61. The molecule has 9 heteroatoms. The van der Waals surface area contributed by atoms with Gasteiger partial charge in [-0.2, -0.15) is 0 Å². The molecule has 0 saturated carbocycles. The highest BCUT2D eigenvalue weighted by Crippen LogP contribution is 2.32. The van der Waals surface area contributed by atoms with Crippen LogP contribution in [0.25, 0.3) is 0 Å². The number of hydrogen-bond acceptors (Lipinski definition) is 6. The fourth-order valence-electron chi connectivity index (χ4n) is 2.46. The fraction of sp³-hybridized carbons (Fsp3) is 0.211. The molecule has 0 radical (unpaired) electrons. The summed E-state index contributed by atoms with van der Waals surface area (Å²) >= 11 is 0. The number of amidine groups is 1. The lowest BCUT2D eigenvalue weighted by molar-refractivity contribution is -0.139. The minimum Gasteiger partial charge on any atom is -0.494 e. The second-order valence-corrected chi connectivity index (χ2v) is 5.72. The normalized spacial score (nSPS) is 11.3. The average molecular weight is 387 g/mol. The van der Waals surface area contributed by atoms with Crippen molar-refractivity contribution in [1.82, 2.24) is 0 Å². The molecule has 0 bridgehead atoms. The minimum atomic E-state index is -1.23. The van der Waals surface area contributed by atoms with E-state index in [0.717, 1.165) is 0 Å². The Bertz CT molecular complexity index is 866. The van der Waals surface area contributed by atoms with E-state index in [9.17, 15) is 14.7 Å². The Morgan fingerprint density at radius 3 is 2.36 bits per heavy atom. The van der Waals surface area contributed by atoms with Gasteiger partial charge in [-0.3, -0.25) is 5.41 Å². The molecule has 0 aromatic heterocycles. The zero-order chi connectivity index (χ0) is 20.7. The quantitative estimate of drug-likeness (QED) is 0.306. The van der Waals surface area contributed by atoms with E-state index < -0.39 is 24.6 Å². The van der Waals surface area contributed by atoms with Gasteiger partial charge in [-0.15, -0.1) is 0 Å². The topological polar surface area (TPSA) is 155 Å². The summed E-state index contributed by atoms with van der Waals surface area (Å²) in [4.78, 5) is 22.7. The highest BCUT2D eigenvalue weighted by Gasteiger charge is 2.25. The molecule has 0 aliphatic rings. The van der Waals surface area contributed by atoms with Crippen LogP contribution in [0, 0.1) is 5.41 Å². The molecule has 0 spiro atoms. The maximum atomic E-state index is 11.9. The van der Waals surface area contributed by atoms with Crippen LogP contribution >= 0.6 is 0 Å². The van der Waals surface area contributed by atoms with E-state index in [1.807, 2.05) is 0 Å². The SMILES string of the molecule is CCOc1ccc(OCC(=O)O)c([C@@H](Nc2ccc(C(=N)N)cc2)C(=O)O)c1. The lowest BCUT2D eigenvalue weighted by atomic mass is 10.0. The zero-order valence-electron chi connectivity index (χ0n) is 15.1. The molecular weight excluding hydrogens is 366 g/mol. The second kappa shape index (κ2) is 9.26. The standard InChI is InChI=1S/C19H21N3O6/c1-2-27-13-7-8-15(28-10-16(23)24)14(9-13)17(19(25)26)22-12-5-3-11(4-6-12)18(20)21/h3-9,17,22H,2,10H2,1H3,(H3,20,21)(H,23,24)(H,25,26)/t17-/m1/s1. The lowest BCUT2D eigenvalue weighted by Gasteiger charge is -2.20. The number of carboxylic acid groups (broad SMARTS) is 2. The third-order valence-corrected chi connectivity index (χ3v) is 3.71. The van der Waals surface area contributed by atoms with Crippen molar-refractivity contribution < 1.29 is 29.3 Å². The number of ether oxygens (including phenoxy) is 2. The Kier molecular flexibility index (Phi) is 6.80. The van der Waals surface area contributed by atoms with Gasteiger partial charge in [-0.1, -0.05) is 0 Å². The van der Waals surface area contributed by atoms with Crippen molar-refractivity contribution in [3.63, 3.8) is 0 Å². The molecule has 28 heavy (non-hydrogen) atoms. The van der Waals surface area contributed by atoms with Crippen molar-refractivity contribution in [3.8, 4) is 11.5 Å². The molecule has 0 aliphatic heterocycles. The molecule has 2 rings (SSSR count). The van der Waals surface area contributed by atoms with Gasteiger partial charge in [-0.25, -0.2) is 9.59 Å². The molecule has 2 aromatic rings. The van der Waals surface area contributed by atoms with Crippen molar-refractivity contribution >= 4 is 23.5 Å². The molecule has 6 N–H and O–H groups in total. The van der Waals surface area contributed by atoms with Crippen molar-refractivity contribution in [1.29, 1.82) is 5.41 Å². The molecule has 0 unspecified atom stereocenters. The molecule has 0 fully saturated rings. The smallest absolute Gasteiger partial charge is 0.341 e. The van der Waals surface area contributed by atoms with Gasteiger partial charge in [0.05, 0.1) is 6.61 Å². The molecule has 0 aliphatic carbocycles. The summed E-state index contributed by atoms with van der Waals surface area (Å²) < 4.78 is 10.7. The minimum absolute atomic E-state index is 0.102. The van der Waals surface area contributed by atoms with E-state index >= 15 is 0 Å². The number of carbonyl (C=O) groups is 2. The number of anilines is 1. The van der Waals surface area contributed by atoms with Gasteiger partial charge in [-0.05, 0) is 49.4 Å². The van der Waals surface area contributed by atoms with Gasteiger partial charge in [0.2, 0.25) is 0 Å². The molecule has 9 nitrogen and oxygen atoms in total. The Labute approximate surface area is 161 Å². The number of carboxylic acids is 2. The van der Waals surface area contributed by atoms with Crippen LogP contribution in [0.2, 0.25) is 0 Å². The largest absolute Gasteiger partial charge is 0.494 e. The lowest BCUT2D eigenvalue weighted by Crippen LogP contribution is -2.22. The third-order valence-electron chi connectivity index (χ3n) is 3.71. The van der Waals surface area contributed by atoms with Crippen LogP contribution in [0.3, 0.4) is 0 Å². The zero-order valence-corrected chi connectivity index (χ0v) is 15.1. The van der Waals surface area contributed by atoms with Crippen LogP contribution in [0.1, 0.15) is 24.1 Å². The predicted molar refractivity (Wildman–Crippen MR) is 102 cm³/mol. The van der Waals surface area contributed by atoms with E-state index in [1.54, 1.807) is 37.3 Å². The van der Waals surface area contributed by atoms with E-state index in [4.69, 9.17) is 25.7 Å². The Balaban J connectivity index is 2.38. The van der Waals surface area contributed by atoms with Gasteiger partial charge >= 0.3 is 11.9 Å². The van der Waals surface area contributed by atoms with Gasteiger partial charge in [0.25, 0.3) is 0 Å². The first-order valence-corrected chi connectivity index (χ1v) is 8.37. The van der Waals surface area contributed by atoms with Gasteiger partial charge in [0, 0.05) is 16.8 Å². The number of nitrogen functional groups attached to an aromatic ring is 1. The molecule has 148 valence electrons. The number of benzene rings is 2. The highest BCUT2D eigenvalue weighted by atomic mass is 16.5. The molecule has 0 heterocycles. The summed E-state index contributed by atoms with van der Waals surface area (Å²) in [5.74, 6) is -1.93. The summed E-state index contributed by atoms with van der Waals surface area (Å²) in [6, 6.07) is 9.67. The monoisotopic (exact) mass is 387 g/mol. The predicted octanol–water partition coefficient (Wildman–Crippen LogP) is 2.07. The summed E-state index contributed by atoms with van der Waals surface area (Å²) in [6.07, 6.45) is 0. The first kappa shape index (κ1) is 20.6. The van der Waals surface area contributed by atoms with Crippen LogP contribution < -0.4 is 20.5 Å². The van der Waals surface area contributed by atoms with E-state index in [0.29, 0.717) is 23.6 Å². The average Bonchev–Trinajstić information content (AvgIpc) is 2.65. The van der Waals surface area contributed by atoms with Crippen LogP contribution in [-0.2, 0) is 9.59 Å². The van der Waals surface area contributed by atoms with Crippen molar-refractivity contribution in [2.45, 2.75) is 13.0 Å². The van der Waals surface area contributed by atoms with Crippen LogP contribution in [0.15, 0.2) is 42.5 Å². The summed E-state index contributed by atoms with van der Waals surface area (Å²) in [7, 11) is 0. The van der Waals surface area contributed by atoms with Crippen LogP contribution in [-0.4, -0.2) is 41.2 Å². The maximum absolute atomic E-state index is 11.9. The number of aliphatic carboxylic acids is 2. The van der Waals surface area contributed by atoms with E-state index in [-0.39, 0.29) is 17.1 Å². The maximum Gasteiger partial charge on any atom is 0.341 e. The van der Waals surface area contributed by atoms with Crippen LogP contribution in [0.4, 0.5) is 5.69 Å². The Hall–Kier alpha value is -3.75. The first-order chi connectivity index (χ1) is 13.3. The van der Waals surface area contributed by atoms with Gasteiger partial charge in [0.15, 0.2) is 12.6 Å². The Morgan fingerprint density at radius 1 is 1.14 bits per heavy atom. The molecule has 1 atom stereocenters. The molecule has 0 amide bonds. The van der Waals surface area contributed by atoms with Crippen molar-refractivity contribution in [2.24, 2.45) is 5.73 Å². The number of rotatable bonds is 10. The van der Waals surface area contributed by atoms with E-state index in [2.05, 4.69) is 5.32 Å². The van der Waals surface area contributed by atoms with Gasteiger partial charge < -0.3 is 30.7 Å². The first-order valence-electron chi connectivity index (χ1n) is 8.37. The number of nitrogens with one attached hydrogen (secondary N) is 2. The van der Waals surface area contributed by atoms with Gasteiger partial charge in [0.1, 0.15) is 17.3 Å². The highest BCUT2D eigenvalue weighted by molar-refractivity contribution is 5.95. The van der Waals surface area contributed by atoms with Crippen molar-refractivity contribution in [2.75, 3.05) is 18.5 Å². The molecule has 0 saturated heterocycles. The molecule has 2 aromatic carbocycles. The third kappa shape index (κ3) is 5.37. The number of nitrogens with two attached hydrogens (primary N) is 1. The summed E-state index contributed by atoms with van der Waals surface area (Å²) in [5, 5.41) is 28.8. The Morgan fingerprint density at radius 2 is 1.82 bits per heavy atom. The second-order valence-electron chi connectivity index (χ2n) is 5.72.